The average Bonchev–Trinajstić information content (AvgIpc) is 2.87. The third kappa shape index (κ3) is 2.59. The quantitative estimate of drug-likeness (QED) is 0.902. The van der Waals surface area contributed by atoms with E-state index in [2.05, 4.69) is 20.4 Å². The van der Waals surface area contributed by atoms with Gasteiger partial charge in [0.25, 0.3) is 0 Å². The zero-order chi connectivity index (χ0) is 13.9. The molecule has 1 aliphatic heterocycles. The molecule has 7 heteroatoms. The van der Waals surface area contributed by atoms with E-state index in [4.69, 9.17) is 9.47 Å². The molecule has 0 saturated carbocycles. The summed E-state index contributed by atoms with van der Waals surface area (Å²) in [6.45, 7) is 1.96. The Hall–Kier alpha value is -1.73. The molecule has 2 aromatic rings. The molecule has 3 rings (SSSR count). The molecule has 0 unspecified atom stereocenters. The van der Waals surface area contributed by atoms with Crippen LogP contribution in [0, 0.1) is 0 Å². The predicted molar refractivity (Wildman–Crippen MR) is 74.5 cm³/mol. The van der Waals surface area contributed by atoms with Crippen molar-refractivity contribution in [3.05, 3.63) is 12.0 Å². The standard InChI is InChI=1S/C13H19N5O2/c1-14-12-10-7-15-18(2)13(10)17-11(16-12)8-20-9-3-5-19-6-4-9/h7,9H,3-6,8H2,1-2H3,(H,14,16,17). The van der Waals surface area contributed by atoms with Gasteiger partial charge in [-0.3, -0.25) is 4.68 Å². The molecule has 0 spiro atoms. The number of hydrogen-bond donors (Lipinski definition) is 1. The number of nitrogens with zero attached hydrogens (tertiary/aromatic N) is 4. The van der Waals surface area contributed by atoms with Crippen LogP contribution in [0.25, 0.3) is 11.0 Å². The van der Waals surface area contributed by atoms with E-state index in [0.717, 1.165) is 42.9 Å². The Labute approximate surface area is 117 Å². The van der Waals surface area contributed by atoms with Gasteiger partial charge in [0.15, 0.2) is 11.5 Å². The van der Waals surface area contributed by atoms with Crippen molar-refractivity contribution in [2.24, 2.45) is 7.05 Å². The van der Waals surface area contributed by atoms with Crippen LogP contribution >= 0.6 is 0 Å². The third-order valence-electron chi connectivity index (χ3n) is 3.49. The van der Waals surface area contributed by atoms with Crippen LogP contribution < -0.4 is 5.32 Å². The Morgan fingerprint density at radius 3 is 2.95 bits per heavy atom. The highest BCUT2D eigenvalue weighted by Crippen LogP contribution is 2.20. The van der Waals surface area contributed by atoms with E-state index in [9.17, 15) is 0 Å². The first kappa shape index (κ1) is 13.3. The highest BCUT2D eigenvalue weighted by Gasteiger charge is 2.16. The van der Waals surface area contributed by atoms with Crippen molar-refractivity contribution < 1.29 is 9.47 Å². The van der Waals surface area contributed by atoms with Gasteiger partial charge in [-0.15, -0.1) is 0 Å². The number of fused-ring (bicyclic) bond motifs is 1. The summed E-state index contributed by atoms with van der Waals surface area (Å²) >= 11 is 0. The first-order valence-corrected chi connectivity index (χ1v) is 6.83. The third-order valence-corrected chi connectivity index (χ3v) is 3.49. The van der Waals surface area contributed by atoms with E-state index in [1.54, 1.807) is 10.9 Å². The van der Waals surface area contributed by atoms with Crippen LogP contribution in [0.15, 0.2) is 6.20 Å². The normalized spacial score (nSPS) is 16.7. The smallest absolute Gasteiger partial charge is 0.163 e. The van der Waals surface area contributed by atoms with Crippen LogP contribution in [-0.4, -0.2) is 46.1 Å². The predicted octanol–water partition coefficient (Wildman–Crippen LogP) is 1.10. The van der Waals surface area contributed by atoms with Gasteiger partial charge in [-0.05, 0) is 12.8 Å². The first-order chi connectivity index (χ1) is 9.78. The van der Waals surface area contributed by atoms with E-state index in [0.29, 0.717) is 12.4 Å². The molecule has 1 aliphatic rings. The number of rotatable bonds is 4. The summed E-state index contributed by atoms with van der Waals surface area (Å²) in [5, 5.41) is 8.22. The average molecular weight is 277 g/mol. The summed E-state index contributed by atoms with van der Waals surface area (Å²) in [7, 11) is 3.72. The largest absolute Gasteiger partial charge is 0.381 e. The lowest BCUT2D eigenvalue weighted by Gasteiger charge is -2.22. The molecule has 0 aromatic carbocycles. The molecule has 0 amide bonds. The lowest BCUT2D eigenvalue weighted by molar-refractivity contribution is -0.0408. The van der Waals surface area contributed by atoms with Crippen LogP contribution in [0.2, 0.25) is 0 Å². The van der Waals surface area contributed by atoms with Gasteiger partial charge in [-0.25, -0.2) is 9.97 Å². The van der Waals surface area contributed by atoms with Gasteiger partial charge >= 0.3 is 0 Å². The molecule has 0 radical (unpaired) electrons. The Kier molecular flexibility index (Phi) is 3.79. The second-order valence-electron chi connectivity index (χ2n) is 4.87. The maximum Gasteiger partial charge on any atom is 0.163 e. The first-order valence-electron chi connectivity index (χ1n) is 6.83. The molecule has 1 N–H and O–H groups in total. The molecule has 0 aliphatic carbocycles. The highest BCUT2D eigenvalue weighted by molar-refractivity contribution is 5.86. The molecule has 7 nitrogen and oxygen atoms in total. The summed E-state index contributed by atoms with van der Waals surface area (Å²) in [5.74, 6) is 1.46. The van der Waals surface area contributed by atoms with Crippen LogP contribution in [0.1, 0.15) is 18.7 Å². The summed E-state index contributed by atoms with van der Waals surface area (Å²) < 4.78 is 12.9. The molecule has 0 atom stereocenters. The van der Waals surface area contributed by atoms with Crippen LogP contribution in [0.5, 0.6) is 0 Å². The maximum absolute atomic E-state index is 5.87. The van der Waals surface area contributed by atoms with Crippen molar-refractivity contribution in [3.8, 4) is 0 Å². The number of hydrogen-bond acceptors (Lipinski definition) is 6. The maximum atomic E-state index is 5.87. The van der Waals surface area contributed by atoms with Crippen molar-refractivity contribution in [3.63, 3.8) is 0 Å². The van der Waals surface area contributed by atoms with Crippen molar-refractivity contribution >= 4 is 16.9 Å². The molecule has 3 heterocycles. The number of ether oxygens (including phenoxy) is 2. The number of aryl methyl sites for hydroxylation is 1. The molecular weight excluding hydrogens is 258 g/mol. The van der Waals surface area contributed by atoms with Crippen LogP contribution in [0.3, 0.4) is 0 Å². The molecule has 108 valence electrons. The lowest BCUT2D eigenvalue weighted by atomic mass is 10.2. The second kappa shape index (κ2) is 5.72. The number of nitrogens with one attached hydrogen (secondary N) is 1. The van der Waals surface area contributed by atoms with Gasteiger partial charge in [-0.1, -0.05) is 0 Å². The fraction of sp³-hybridized carbons (Fsp3) is 0.615. The van der Waals surface area contributed by atoms with E-state index >= 15 is 0 Å². The summed E-state index contributed by atoms with van der Waals surface area (Å²) in [4.78, 5) is 9.01. The number of aromatic nitrogens is 4. The zero-order valence-corrected chi connectivity index (χ0v) is 11.8. The summed E-state index contributed by atoms with van der Waals surface area (Å²) in [5.41, 5.74) is 0.815. The minimum atomic E-state index is 0.243. The Balaban J connectivity index is 1.78. The minimum absolute atomic E-state index is 0.243. The number of anilines is 1. The van der Waals surface area contributed by atoms with Crippen molar-refractivity contribution in [1.29, 1.82) is 0 Å². The molecule has 0 bridgehead atoms. The van der Waals surface area contributed by atoms with Gasteiger partial charge in [0, 0.05) is 27.3 Å². The zero-order valence-electron chi connectivity index (χ0n) is 11.8. The van der Waals surface area contributed by atoms with E-state index in [1.165, 1.54) is 0 Å². The van der Waals surface area contributed by atoms with E-state index in [1.807, 2.05) is 14.1 Å². The Morgan fingerprint density at radius 2 is 2.20 bits per heavy atom. The topological polar surface area (TPSA) is 74.1 Å². The van der Waals surface area contributed by atoms with E-state index < -0.39 is 0 Å². The van der Waals surface area contributed by atoms with Gasteiger partial charge in [-0.2, -0.15) is 5.10 Å². The molecule has 2 aromatic heterocycles. The monoisotopic (exact) mass is 277 g/mol. The molecule has 1 saturated heterocycles. The fourth-order valence-electron chi connectivity index (χ4n) is 2.36. The second-order valence-corrected chi connectivity index (χ2v) is 4.87. The molecule has 1 fully saturated rings. The van der Waals surface area contributed by atoms with Crippen LogP contribution in [0.4, 0.5) is 5.82 Å². The van der Waals surface area contributed by atoms with E-state index in [-0.39, 0.29) is 6.10 Å². The molecular formula is C13H19N5O2. The van der Waals surface area contributed by atoms with Crippen molar-refractivity contribution in [1.82, 2.24) is 19.7 Å². The summed E-state index contributed by atoms with van der Waals surface area (Å²) in [6, 6.07) is 0. The van der Waals surface area contributed by atoms with Crippen molar-refractivity contribution in [2.45, 2.75) is 25.6 Å². The SMILES string of the molecule is CNc1nc(COC2CCOCC2)nc2c1cnn2C. The highest BCUT2D eigenvalue weighted by atomic mass is 16.5. The van der Waals surface area contributed by atoms with Gasteiger partial charge in [0.05, 0.1) is 17.7 Å². The Bertz CT molecular complexity index is 592. The minimum Gasteiger partial charge on any atom is -0.381 e. The Morgan fingerprint density at radius 1 is 1.40 bits per heavy atom. The van der Waals surface area contributed by atoms with Gasteiger partial charge in [0.1, 0.15) is 12.4 Å². The van der Waals surface area contributed by atoms with Crippen LogP contribution in [-0.2, 0) is 23.1 Å². The molecule has 20 heavy (non-hydrogen) atoms. The summed E-state index contributed by atoms with van der Waals surface area (Å²) in [6.07, 6.45) is 3.89. The fourth-order valence-corrected chi connectivity index (χ4v) is 2.36. The van der Waals surface area contributed by atoms with Crippen molar-refractivity contribution in [2.75, 3.05) is 25.6 Å². The van der Waals surface area contributed by atoms with Gasteiger partial charge < -0.3 is 14.8 Å². The van der Waals surface area contributed by atoms with Gasteiger partial charge in [0.2, 0.25) is 0 Å². The lowest BCUT2D eigenvalue weighted by Crippen LogP contribution is -2.23.